The van der Waals surface area contributed by atoms with E-state index in [0.717, 1.165) is 5.56 Å². The van der Waals surface area contributed by atoms with E-state index in [4.69, 9.17) is 4.74 Å². The Morgan fingerprint density at radius 3 is 2.43 bits per heavy atom. The van der Waals surface area contributed by atoms with Crippen LogP contribution < -0.4 is 10.1 Å². The van der Waals surface area contributed by atoms with Gasteiger partial charge in [0.15, 0.2) is 5.78 Å². The van der Waals surface area contributed by atoms with Crippen LogP contribution in [-0.4, -0.2) is 40.8 Å². The van der Waals surface area contributed by atoms with Crippen LogP contribution in [-0.2, 0) is 16.1 Å². The van der Waals surface area contributed by atoms with Gasteiger partial charge in [0.1, 0.15) is 18.4 Å². The second kappa shape index (κ2) is 8.69. The van der Waals surface area contributed by atoms with Gasteiger partial charge in [-0.2, -0.15) is 0 Å². The summed E-state index contributed by atoms with van der Waals surface area (Å²) in [5.74, 6) is -0.160. The van der Waals surface area contributed by atoms with Crippen LogP contribution in [0.25, 0.3) is 0 Å². The van der Waals surface area contributed by atoms with Crippen molar-refractivity contribution < 1.29 is 29.4 Å². The van der Waals surface area contributed by atoms with Crippen molar-refractivity contribution >= 4 is 11.9 Å². The number of carbonyl (C=O) groups is 2. The largest absolute Gasteiger partial charge is 0.413 e. The minimum Gasteiger partial charge on any atom is -0.410 e. The Hall–Kier alpha value is -2.68. The van der Waals surface area contributed by atoms with Crippen LogP contribution >= 0.6 is 0 Å². The molecule has 1 rings (SSSR count). The molecule has 1 aromatic carbocycles. The monoisotopic (exact) mass is 326 g/mol. The molecule has 2 atom stereocenters. The fraction of sp³-hybridized carbons (Fsp3) is 0.429. The molecule has 0 fully saturated rings. The van der Waals surface area contributed by atoms with Gasteiger partial charge in [-0.25, -0.2) is 4.79 Å². The molecule has 0 bridgehead atoms. The lowest BCUT2D eigenvalue weighted by atomic mass is 10.1. The standard InChI is InChI=1S/C14H18N2O7/c1-9(17)13(10(2)18)15-14(19)23-12-5-3-11(4-6-12)7-8-22-16(20)21/h3-6,9,13,17H,7-8H2,1-2H3,(H,15,19). The summed E-state index contributed by atoms with van der Waals surface area (Å²) in [6.45, 7) is 2.57. The first-order valence-electron chi connectivity index (χ1n) is 6.82. The van der Waals surface area contributed by atoms with E-state index in [1.165, 1.54) is 26.0 Å². The molecule has 0 spiro atoms. The Kier molecular flexibility index (Phi) is 6.94. The molecular weight excluding hydrogens is 308 g/mol. The molecule has 0 aromatic heterocycles. The third-order valence-corrected chi connectivity index (χ3v) is 2.92. The highest BCUT2D eigenvalue weighted by molar-refractivity contribution is 5.86. The average molecular weight is 326 g/mol. The number of rotatable bonds is 8. The van der Waals surface area contributed by atoms with Crippen molar-refractivity contribution in [1.29, 1.82) is 0 Å². The third-order valence-electron chi connectivity index (χ3n) is 2.92. The van der Waals surface area contributed by atoms with E-state index >= 15 is 0 Å². The van der Waals surface area contributed by atoms with Crippen LogP contribution in [0.2, 0.25) is 0 Å². The zero-order valence-electron chi connectivity index (χ0n) is 12.7. The molecule has 0 aliphatic heterocycles. The number of aliphatic hydroxyl groups excluding tert-OH is 1. The van der Waals surface area contributed by atoms with Gasteiger partial charge in [-0.1, -0.05) is 12.1 Å². The Labute approximate surface area is 132 Å². The van der Waals surface area contributed by atoms with Gasteiger partial charge in [-0.15, -0.1) is 10.1 Å². The van der Waals surface area contributed by atoms with Gasteiger partial charge >= 0.3 is 6.09 Å². The SMILES string of the molecule is CC(=O)C(NC(=O)Oc1ccc(CCO[N+](=O)[O-])cc1)C(C)O. The highest BCUT2D eigenvalue weighted by Crippen LogP contribution is 2.13. The molecule has 0 saturated carbocycles. The summed E-state index contributed by atoms with van der Waals surface area (Å²) in [5.41, 5.74) is 0.769. The van der Waals surface area contributed by atoms with Crippen LogP contribution in [0.1, 0.15) is 19.4 Å². The van der Waals surface area contributed by atoms with E-state index in [1.54, 1.807) is 12.1 Å². The van der Waals surface area contributed by atoms with Gasteiger partial charge in [0.25, 0.3) is 5.09 Å². The molecule has 126 valence electrons. The molecular formula is C14H18N2O7. The highest BCUT2D eigenvalue weighted by atomic mass is 16.9. The maximum absolute atomic E-state index is 11.7. The van der Waals surface area contributed by atoms with Crippen molar-refractivity contribution in [3.63, 3.8) is 0 Å². The first-order chi connectivity index (χ1) is 10.8. The fourth-order valence-corrected chi connectivity index (χ4v) is 1.79. The van der Waals surface area contributed by atoms with Gasteiger partial charge in [-0.3, -0.25) is 4.79 Å². The van der Waals surface area contributed by atoms with Crippen molar-refractivity contribution in [2.75, 3.05) is 6.61 Å². The van der Waals surface area contributed by atoms with Crippen molar-refractivity contribution in [3.05, 3.63) is 39.9 Å². The van der Waals surface area contributed by atoms with Crippen LogP contribution in [0.3, 0.4) is 0 Å². The molecule has 0 heterocycles. The average Bonchev–Trinajstić information content (AvgIpc) is 2.45. The second-order valence-corrected chi connectivity index (χ2v) is 4.81. The van der Waals surface area contributed by atoms with Crippen molar-refractivity contribution in [1.82, 2.24) is 5.32 Å². The van der Waals surface area contributed by atoms with E-state index in [0.29, 0.717) is 6.42 Å². The van der Waals surface area contributed by atoms with Gasteiger partial charge < -0.3 is 20.0 Å². The maximum Gasteiger partial charge on any atom is 0.413 e. The predicted molar refractivity (Wildman–Crippen MR) is 78.4 cm³/mol. The zero-order valence-corrected chi connectivity index (χ0v) is 12.7. The van der Waals surface area contributed by atoms with Gasteiger partial charge in [0.05, 0.1) is 6.10 Å². The van der Waals surface area contributed by atoms with Gasteiger partial charge in [0, 0.05) is 0 Å². The lowest BCUT2D eigenvalue weighted by molar-refractivity contribution is -0.757. The number of nitrogens with zero attached hydrogens (tertiary/aromatic N) is 1. The number of ether oxygens (including phenoxy) is 1. The zero-order chi connectivity index (χ0) is 17.4. The number of hydrogen-bond donors (Lipinski definition) is 2. The molecule has 2 unspecified atom stereocenters. The van der Waals surface area contributed by atoms with E-state index in [2.05, 4.69) is 10.2 Å². The Bertz CT molecular complexity index is 557. The summed E-state index contributed by atoms with van der Waals surface area (Å²) in [4.78, 5) is 37.2. The first-order valence-corrected chi connectivity index (χ1v) is 6.82. The highest BCUT2D eigenvalue weighted by Gasteiger charge is 2.22. The fourth-order valence-electron chi connectivity index (χ4n) is 1.79. The molecule has 9 heteroatoms. The van der Waals surface area contributed by atoms with Crippen molar-refractivity contribution in [2.45, 2.75) is 32.4 Å². The number of aliphatic hydroxyl groups is 1. The Morgan fingerprint density at radius 2 is 1.96 bits per heavy atom. The lowest BCUT2D eigenvalue weighted by Gasteiger charge is -2.18. The van der Waals surface area contributed by atoms with Crippen LogP contribution in [0.4, 0.5) is 4.79 Å². The summed E-state index contributed by atoms with van der Waals surface area (Å²) in [7, 11) is 0. The van der Waals surface area contributed by atoms with Crippen LogP contribution in [0.15, 0.2) is 24.3 Å². The van der Waals surface area contributed by atoms with Crippen molar-refractivity contribution in [2.24, 2.45) is 0 Å². The normalized spacial score (nSPS) is 12.8. The summed E-state index contributed by atoms with van der Waals surface area (Å²) in [6, 6.07) is 5.23. The summed E-state index contributed by atoms with van der Waals surface area (Å²) < 4.78 is 4.99. The Balaban J connectivity index is 2.52. The van der Waals surface area contributed by atoms with Crippen LogP contribution in [0, 0.1) is 10.1 Å². The molecule has 0 radical (unpaired) electrons. The molecule has 1 amide bonds. The number of nitrogens with one attached hydrogen (secondary N) is 1. The summed E-state index contributed by atoms with van der Waals surface area (Å²) in [5, 5.41) is 20.8. The van der Waals surface area contributed by atoms with E-state index in [1.807, 2.05) is 0 Å². The number of ketones is 1. The smallest absolute Gasteiger partial charge is 0.410 e. The van der Waals surface area contributed by atoms with E-state index in [-0.39, 0.29) is 12.4 Å². The third kappa shape index (κ3) is 6.74. The number of Topliss-reactive ketones (excluding diaryl/α,β-unsaturated/α-hetero) is 1. The maximum atomic E-state index is 11.7. The quantitative estimate of drug-likeness (QED) is 0.535. The molecule has 23 heavy (non-hydrogen) atoms. The number of hydrogen-bond acceptors (Lipinski definition) is 7. The predicted octanol–water partition coefficient (Wildman–Crippen LogP) is 0.864. The molecule has 0 saturated heterocycles. The minimum atomic E-state index is -1.04. The first kappa shape index (κ1) is 18.4. The molecule has 0 aliphatic carbocycles. The molecule has 1 aromatic rings. The topological polar surface area (TPSA) is 128 Å². The Morgan fingerprint density at radius 1 is 1.35 bits per heavy atom. The van der Waals surface area contributed by atoms with Crippen molar-refractivity contribution in [3.8, 4) is 5.75 Å². The lowest BCUT2D eigenvalue weighted by Crippen LogP contribution is -2.47. The molecule has 9 nitrogen and oxygen atoms in total. The molecule has 0 aliphatic rings. The minimum absolute atomic E-state index is 0.0671. The molecule has 2 N–H and O–H groups in total. The van der Waals surface area contributed by atoms with Gasteiger partial charge in [0.2, 0.25) is 0 Å². The van der Waals surface area contributed by atoms with E-state index < -0.39 is 29.1 Å². The number of benzene rings is 1. The summed E-state index contributed by atoms with van der Waals surface area (Å²) >= 11 is 0. The number of carbonyl (C=O) groups excluding carboxylic acids is 2. The van der Waals surface area contributed by atoms with Gasteiger partial charge in [-0.05, 0) is 38.0 Å². The van der Waals surface area contributed by atoms with E-state index in [9.17, 15) is 24.8 Å². The van der Waals surface area contributed by atoms with Crippen LogP contribution in [0.5, 0.6) is 5.75 Å². The second-order valence-electron chi connectivity index (χ2n) is 4.81. The number of amides is 1. The summed E-state index contributed by atoms with van der Waals surface area (Å²) in [6.07, 6.45) is -1.57.